The molecule has 1 saturated heterocycles. The molecule has 3 aromatic rings. The Balaban J connectivity index is 1.36. The van der Waals surface area contributed by atoms with Crippen LogP contribution in [0.5, 0.6) is 5.75 Å². The third kappa shape index (κ3) is 6.06. The zero-order chi connectivity index (χ0) is 26.6. The number of halogens is 1. The van der Waals surface area contributed by atoms with Crippen LogP contribution in [0.4, 0.5) is 0 Å². The molecular weight excluding hydrogens is 520 g/mol. The quantitative estimate of drug-likeness (QED) is 0.352. The molecule has 1 aromatic heterocycles. The van der Waals surface area contributed by atoms with Gasteiger partial charge in [0.1, 0.15) is 18.9 Å². The Bertz CT molecular complexity index is 1300. The molecule has 2 amide bonds. The number of nitrogens with zero attached hydrogens (tertiary/aromatic N) is 2. The summed E-state index contributed by atoms with van der Waals surface area (Å²) in [7, 11) is 0. The molecule has 200 valence electrons. The summed E-state index contributed by atoms with van der Waals surface area (Å²) in [6.07, 6.45) is 2.57. The maximum Gasteiger partial charge on any atom is 0.254 e. The van der Waals surface area contributed by atoms with Gasteiger partial charge in [-0.1, -0.05) is 35.4 Å². The van der Waals surface area contributed by atoms with Gasteiger partial charge in [0.05, 0.1) is 12.1 Å². The predicted molar refractivity (Wildman–Crippen MR) is 150 cm³/mol. The first-order chi connectivity index (χ1) is 18.4. The standard InChI is InChI=1S/C30H33ClN2O4S/c1-20-8-9-27(21(2)15-20)37-19-26-25-11-14-38-28(25)10-12-33(26)29(34)18-32(17-24-7-4-13-36-24)30(35)22-5-3-6-23(31)16-22/h3,5-6,8-9,11,14-16,24,26H,4,7,10,12-13,17-19H2,1-2H3/t24-,26-/m1/s1. The maximum atomic E-state index is 13.9. The van der Waals surface area contributed by atoms with E-state index in [0.29, 0.717) is 36.9 Å². The van der Waals surface area contributed by atoms with Crippen LogP contribution in [-0.2, 0) is 16.0 Å². The Labute approximate surface area is 233 Å². The molecule has 38 heavy (non-hydrogen) atoms. The number of carbonyl (C=O) groups is 2. The highest BCUT2D eigenvalue weighted by molar-refractivity contribution is 7.10. The third-order valence-electron chi connectivity index (χ3n) is 7.28. The molecule has 0 saturated carbocycles. The van der Waals surface area contributed by atoms with Crippen molar-refractivity contribution in [3.8, 4) is 5.75 Å². The van der Waals surface area contributed by atoms with Gasteiger partial charge in [0.25, 0.3) is 5.91 Å². The van der Waals surface area contributed by atoms with E-state index in [-0.39, 0.29) is 30.5 Å². The van der Waals surface area contributed by atoms with E-state index in [1.165, 1.54) is 10.4 Å². The number of thiophene rings is 1. The van der Waals surface area contributed by atoms with Crippen molar-refractivity contribution < 1.29 is 19.1 Å². The summed E-state index contributed by atoms with van der Waals surface area (Å²) in [4.78, 5) is 32.2. The van der Waals surface area contributed by atoms with Crippen LogP contribution in [-0.4, -0.2) is 60.6 Å². The molecular formula is C30H33ClN2O4S. The second kappa shape index (κ2) is 11.9. The number of amides is 2. The second-order valence-corrected chi connectivity index (χ2v) is 11.5. The number of fused-ring (bicyclic) bond motifs is 1. The lowest BCUT2D eigenvalue weighted by molar-refractivity contribution is -0.135. The average molecular weight is 553 g/mol. The molecule has 5 rings (SSSR count). The van der Waals surface area contributed by atoms with Gasteiger partial charge in [-0.3, -0.25) is 9.59 Å². The Hall–Kier alpha value is -2.87. The molecule has 0 spiro atoms. The second-order valence-electron chi connectivity index (χ2n) is 10.1. The number of hydrogen-bond donors (Lipinski definition) is 0. The van der Waals surface area contributed by atoms with Crippen molar-refractivity contribution in [2.75, 3.05) is 32.8 Å². The molecule has 2 aliphatic rings. The van der Waals surface area contributed by atoms with E-state index in [4.69, 9.17) is 21.1 Å². The normalized spacial score (nSPS) is 18.8. The fraction of sp³-hybridized carbons (Fsp3) is 0.400. The molecule has 2 aliphatic heterocycles. The topological polar surface area (TPSA) is 59.1 Å². The molecule has 0 radical (unpaired) electrons. The molecule has 2 aromatic carbocycles. The minimum Gasteiger partial charge on any atom is -0.491 e. The van der Waals surface area contributed by atoms with E-state index in [9.17, 15) is 9.59 Å². The zero-order valence-electron chi connectivity index (χ0n) is 21.8. The zero-order valence-corrected chi connectivity index (χ0v) is 23.4. The summed E-state index contributed by atoms with van der Waals surface area (Å²) >= 11 is 7.89. The molecule has 0 N–H and O–H groups in total. The van der Waals surface area contributed by atoms with Gasteiger partial charge in [0.15, 0.2) is 0 Å². The van der Waals surface area contributed by atoms with E-state index in [1.807, 2.05) is 24.0 Å². The molecule has 0 unspecified atom stereocenters. The number of hydrogen-bond acceptors (Lipinski definition) is 5. The van der Waals surface area contributed by atoms with Crippen LogP contribution in [0.2, 0.25) is 5.02 Å². The van der Waals surface area contributed by atoms with Crippen LogP contribution >= 0.6 is 22.9 Å². The molecule has 1 fully saturated rings. The molecule has 6 nitrogen and oxygen atoms in total. The van der Waals surface area contributed by atoms with Crippen LogP contribution in [0.1, 0.15) is 50.8 Å². The smallest absolute Gasteiger partial charge is 0.254 e. The Morgan fingerprint density at radius 1 is 1.18 bits per heavy atom. The largest absolute Gasteiger partial charge is 0.491 e. The summed E-state index contributed by atoms with van der Waals surface area (Å²) in [6.45, 7) is 6.07. The van der Waals surface area contributed by atoms with Crippen molar-refractivity contribution in [2.24, 2.45) is 0 Å². The van der Waals surface area contributed by atoms with Gasteiger partial charge in [0, 0.05) is 35.2 Å². The van der Waals surface area contributed by atoms with Gasteiger partial charge in [0.2, 0.25) is 5.91 Å². The number of carbonyl (C=O) groups excluding carboxylic acids is 2. The Morgan fingerprint density at radius 2 is 2.05 bits per heavy atom. The van der Waals surface area contributed by atoms with Crippen LogP contribution in [0.15, 0.2) is 53.9 Å². The van der Waals surface area contributed by atoms with Crippen LogP contribution in [0, 0.1) is 13.8 Å². The lowest BCUT2D eigenvalue weighted by Gasteiger charge is -2.37. The lowest BCUT2D eigenvalue weighted by atomic mass is 10.00. The number of aryl methyl sites for hydroxylation is 2. The summed E-state index contributed by atoms with van der Waals surface area (Å²) in [5.41, 5.74) is 3.85. The minimum absolute atomic E-state index is 0.0231. The van der Waals surface area contributed by atoms with Crippen LogP contribution in [0.25, 0.3) is 0 Å². The lowest BCUT2D eigenvalue weighted by Crippen LogP contribution is -2.49. The van der Waals surface area contributed by atoms with Crippen LogP contribution in [0.3, 0.4) is 0 Å². The van der Waals surface area contributed by atoms with E-state index < -0.39 is 0 Å². The van der Waals surface area contributed by atoms with Gasteiger partial charge in [-0.2, -0.15) is 0 Å². The van der Waals surface area contributed by atoms with Gasteiger partial charge in [-0.05, 0) is 79.9 Å². The van der Waals surface area contributed by atoms with Gasteiger partial charge >= 0.3 is 0 Å². The van der Waals surface area contributed by atoms with E-state index in [0.717, 1.165) is 36.1 Å². The van der Waals surface area contributed by atoms with Crippen molar-refractivity contribution in [3.63, 3.8) is 0 Å². The summed E-state index contributed by atoms with van der Waals surface area (Å²) in [5, 5.41) is 2.57. The van der Waals surface area contributed by atoms with Crippen molar-refractivity contribution in [1.29, 1.82) is 0 Å². The van der Waals surface area contributed by atoms with Crippen molar-refractivity contribution >= 4 is 34.8 Å². The highest BCUT2D eigenvalue weighted by atomic mass is 35.5. The SMILES string of the molecule is Cc1ccc(OC[C@@H]2c3ccsc3CCN2C(=O)CN(C[C@H]2CCCO2)C(=O)c2cccc(Cl)c2)c(C)c1. The highest BCUT2D eigenvalue weighted by Gasteiger charge is 2.34. The van der Waals surface area contributed by atoms with Gasteiger partial charge < -0.3 is 19.3 Å². The van der Waals surface area contributed by atoms with E-state index >= 15 is 0 Å². The Morgan fingerprint density at radius 3 is 2.82 bits per heavy atom. The van der Waals surface area contributed by atoms with Crippen molar-refractivity contribution in [2.45, 2.75) is 45.3 Å². The third-order valence-corrected chi connectivity index (χ3v) is 8.51. The minimum atomic E-state index is -0.218. The molecule has 8 heteroatoms. The molecule has 3 heterocycles. The molecule has 0 aliphatic carbocycles. The first-order valence-corrected chi connectivity index (χ1v) is 14.4. The van der Waals surface area contributed by atoms with Crippen molar-refractivity contribution in [3.05, 3.63) is 86.1 Å². The fourth-order valence-electron chi connectivity index (χ4n) is 5.32. The van der Waals surface area contributed by atoms with Crippen molar-refractivity contribution in [1.82, 2.24) is 9.80 Å². The molecule has 0 bridgehead atoms. The first kappa shape index (κ1) is 26.7. The number of rotatable bonds is 8. The highest BCUT2D eigenvalue weighted by Crippen LogP contribution is 2.34. The number of benzene rings is 2. The van der Waals surface area contributed by atoms with Gasteiger partial charge in [-0.25, -0.2) is 0 Å². The van der Waals surface area contributed by atoms with Gasteiger partial charge in [-0.15, -0.1) is 11.3 Å². The maximum absolute atomic E-state index is 13.9. The number of ether oxygens (including phenoxy) is 2. The summed E-state index contributed by atoms with van der Waals surface area (Å²) < 4.78 is 12.1. The first-order valence-electron chi connectivity index (χ1n) is 13.1. The van der Waals surface area contributed by atoms with E-state index in [2.05, 4.69) is 24.4 Å². The fourth-order valence-corrected chi connectivity index (χ4v) is 6.43. The average Bonchev–Trinajstić information content (AvgIpc) is 3.59. The van der Waals surface area contributed by atoms with Crippen LogP contribution < -0.4 is 4.74 Å². The summed E-state index contributed by atoms with van der Waals surface area (Å²) in [6, 6.07) is 14.9. The molecule has 2 atom stereocenters. The predicted octanol–water partition coefficient (Wildman–Crippen LogP) is 5.84. The summed E-state index contributed by atoms with van der Waals surface area (Å²) in [5.74, 6) is 0.513. The van der Waals surface area contributed by atoms with E-state index in [1.54, 1.807) is 40.5 Å². The Kier molecular flexibility index (Phi) is 8.36. The monoisotopic (exact) mass is 552 g/mol.